The van der Waals surface area contributed by atoms with Gasteiger partial charge in [-0.1, -0.05) is 84.9 Å². The summed E-state index contributed by atoms with van der Waals surface area (Å²) in [7, 11) is 0. The van der Waals surface area contributed by atoms with E-state index in [-0.39, 0.29) is 5.56 Å². The minimum Gasteiger partial charge on any atom is -0.309 e. The van der Waals surface area contributed by atoms with E-state index in [1.165, 1.54) is 6.07 Å². The molecule has 0 saturated heterocycles. The van der Waals surface area contributed by atoms with E-state index in [1.54, 1.807) is 36.4 Å². The Bertz CT molecular complexity index is 4050. The molecule has 0 saturated carbocycles. The van der Waals surface area contributed by atoms with Gasteiger partial charge in [-0.15, -0.1) is 0 Å². The predicted octanol–water partition coefficient (Wildman–Crippen LogP) is 15.1. The zero-order valence-electron chi connectivity index (χ0n) is 35.7. The smallest absolute Gasteiger partial charge is 0.309 e. The lowest BCUT2D eigenvalue weighted by Gasteiger charge is -2.20. The number of aromatic nitrogens is 2. The lowest BCUT2D eigenvalue weighted by Crippen LogP contribution is -2.06. The maximum Gasteiger partial charge on any atom is 0.416 e. The van der Waals surface area contributed by atoms with E-state index in [0.717, 1.165) is 83.7 Å². The number of para-hydroxylation sites is 2. The SMILES string of the molecule is N#Cc1ccc(-c2ccc3c(c2)c2ccccc2n3-c2ccc(-c3ccc(C(F)(F)F)cc3C#N)c(-c3cc(C#N)ccc3-n3c4ccccc4c4cc(-c5ccc(C#N)cc5)ccc43)c2)cc1. The molecule has 318 valence electrons. The molecule has 0 fully saturated rings. The molecular formula is C59H31F3N6. The molecule has 9 heteroatoms. The quantitative estimate of drug-likeness (QED) is 0.166. The van der Waals surface area contributed by atoms with Crippen LogP contribution in [0.25, 0.3) is 99.5 Å². The van der Waals surface area contributed by atoms with Crippen molar-refractivity contribution in [2.75, 3.05) is 0 Å². The van der Waals surface area contributed by atoms with E-state index < -0.39 is 11.7 Å². The Morgan fingerprint density at radius 1 is 0.353 bits per heavy atom. The first kappa shape index (κ1) is 41.1. The van der Waals surface area contributed by atoms with Crippen molar-refractivity contribution in [1.82, 2.24) is 9.13 Å². The summed E-state index contributed by atoms with van der Waals surface area (Å²) in [4.78, 5) is 0. The van der Waals surface area contributed by atoms with Gasteiger partial charge in [0.05, 0.1) is 79.8 Å². The lowest BCUT2D eigenvalue weighted by molar-refractivity contribution is -0.137. The zero-order chi connectivity index (χ0) is 46.7. The Labute approximate surface area is 387 Å². The molecule has 0 aliphatic carbocycles. The molecule has 68 heavy (non-hydrogen) atoms. The van der Waals surface area contributed by atoms with Crippen molar-refractivity contribution in [1.29, 1.82) is 21.0 Å². The number of benzene rings is 9. The third-order valence-corrected chi connectivity index (χ3v) is 12.7. The fourth-order valence-electron chi connectivity index (χ4n) is 9.51. The summed E-state index contributed by atoms with van der Waals surface area (Å²) in [5, 5.41) is 43.7. The molecule has 0 N–H and O–H groups in total. The number of halogens is 3. The standard InChI is InChI=1S/C59H31F3N6/c60-59(61,62)44-20-22-46(43(28-44)35-66)47-23-21-45(67-54-7-3-1-5-48(54)52-29-41(18-25-56(52)67)39-14-9-36(32-63)10-15-39)31-50(47)51-27-38(34-65)13-24-57(51)68-55-8-4-2-6-49(55)53-30-42(19-26-58(53)68)40-16-11-37(33-64)12-17-40/h1-31H. The molecule has 2 aromatic heterocycles. The van der Waals surface area contributed by atoms with Crippen molar-refractivity contribution in [2.24, 2.45) is 0 Å². The van der Waals surface area contributed by atoms with Gasteiger partial charge in [0.2, 0.25) is 0 Å². The molecule has 0 aliphatic rings. The number of hydrogen-bond donors (Lipinski definition) is 0. The fourth-order valence-corrected chi connectivity index (χ4v) is 9.51. The predicted molar refractivity (Wildman–Crippen MR) is 261 cm³/mol. The summed E-state index contributed by atoms with van der Waals surface area (Å²) in [5.74, 6) is 0. The van der Waals surface area contributed by atoms with E-state index in [4.69, 9.17) is 0 Å². The van der Waals surface area contributed by atoms with Crippen molar-refractivity contribution in [2.45, 2.75) is 6.18 Å². The number of fused-ring (bicyclic) bond motifs is 6. The van der Waals surface area contributed by atoms with E-state index in [9.17, 15) is 34.2 Å². The van der Waals surface area contributed by atoms with Crippen LogP contribution in [0.1, 0.15) is 27.8 Å². The molecule has 2 heterocycles. The van der Waals surface area contributed by atoms with Gasteiger partial charge in [0, 0.05) is 38.4 Å². The Kier molecular flexibility index (Phi) is 9.72. The summed E-state index contributed by atoms with van der Waals surface area (Å²) in [5.41, 5.74) is 11.3. The van der Waals surface area contributed by atoms with Crippen molar-refractivity contribution >= 4 is 43.6 Å². The Morgan fingerprint density at radius 2 is 0.853 bits per heavy atom. The summed E-state index contributed by atoms with van der Waals surface area (Å²) in [6.45, 7) is 0. The first-order valence-corrected chi connectivity index (χ1v) is 21.5. The third kappa shape index (κ3) is 6.79. The topological polar surface area (TPSA) is 105 Å². The van der Waals surface area contributed by atoms with Crippen LogP contribution in [0.4, 0.5) is 13.2 Å². The summed E-state index contributed by atoms with van der Waals surface area (Å²) >= 11 is 0. The minimum absolute atomic E-state index is 0.147. The van der Waals surface area contributed by atoms with Crippen LogP contribution in [-0.2, 0) is 6.18 Å². The van der Waals surface area contributed by atoms with E-state index in [1.807, 2.05) is 103 Å². The first-order valence-electron chi connectivity index (χ1n) is 21.5. The van der Waals surface area contributed by atoms with Crippen LogP contribution in [0.5, 0.6) is 0 Å². The number of alkyl halides is 3. The van der Waals surface area contributed by atoms with Crippen LogP contribution in [-0.4, -0.2) is 9.13 Å². The minimum atomic E-state index is -4.67. The van der Waals surface area contributed by atoms with Crippen molar-refractivity contribution in [3.8, 4) is 80.2 Å². The second kappa shape index (κ2) is 16.1. The molecule has 11 aromatic rings. The molecule has 0 unspecified atom stereocenters. The van der Waals surface area contributed by atoms with E-state index in [2.05, 4.69) is 63.7 Å². The van der Waals surface area contributed by atoms with Crippen molar-refractivity contribution in [3.63, 3.8) is 0 Å². The fraction of sp³-hybridized carbons (Fsp3) is 0.0169. The highest BCUT2D eigenvalue weighted by Gasteiger charge is 2.32. The molecule has 0 bridgehead atoms. The molecule has 0 spiro atoms. The monoisotopic (exact) mass is 880 g/mol. The van der Waals surface area contributed by atoms with Gasteiger partial charge in [0.1, 0.15) is 0 Å². The maximum absolute atomic E-state index is 14.1. The molecular weight excluding hydrogens is 850 g/mol. The summed E-state index contributed by atoms with van der Waals surface area (Å²) in [6, 6.07) is 66.6. The van der Waals surface area contributed by atoms with E-state index >= 15 is 0 Å². The van der Waals surface area contributed by atoms with Crippen LogP contribution in [0.3, 0.4) is 0 Å². The van der Waals surface area contributed by atoms with Gasteiger partial charge in [-0.25, -0.2) is 0 Å². The maximum atomic E-state index is 14.1. The van der Waals surface area contributed by atoms with Gasteiger partial charge < -0.3 is 9.13 Å². The molecule has 0 radical (unpaired) electrons. The van der Waals surface area contributed by atoms with Gasteiger partial charge in [-0.05, 0) is 137 Å². The molecule has 11 rings (SSSR count). The van der Waals surface area contributed by atoms with Gasteiger partial charge in [-0.3, -0.25) is 0 Å². The second-order valence-electron chi connectivity index (χ2n) is 16.5. The zero-order valence-corrected chi connectivity index (χ0v) is 35.7. The highest BCUT2D eigenvalue weighted by Crippen LogP contribution is 2.45. The molecule has 0 atom stereocenters. The average Bonchev–Trinajstić information content (AvgIpc) is 3.90. The third-order valence-electron chi connectivity index (χ3n) is 12.7. The molecule has 9 aromatic carbocycles. The second-order valence-corrected chi connectivity index (χ2v) is 16.5. The number of hydrogen-bond acceptors (Lipinski definition) is 4. The summed E-state index contributed by atoms with van der Waals surface area (Å²) in [6.07, 6.45) is -4.67. The Balaban J connectivity index is 1.19. The molecule has 0 amide bonds. The molecule has 0 aliphatic heterocycles. The average molecular weight is 881 g/mol. The van der Waals surface area contributed by atoms with Gasteiger partial charge in [-0.2, -0.15) is 34.2 Å². The number of rotatable bonds is 6. The highest BCUT2D eigenvalue weighted by molar-refractivity contribution is 6.12. The normalized spacial score (nSPS) is 11.4. The highest BCUT2D eigenvalue weighted by atomic mass is 19.4. The van der Waals surface area contributed by atoms with Crippen LogP contribution >= 0.6 is 0 Å². The Hall–Kier alpha value is -9.67. The van der Waals surface area contributed by atoms with Crippen molar-refractivity contribution < 1.29 is 13.2 Å². The van der Waals surface area contributed by atoms with Crippen LogP contribution in [0, 0.1) is 45.3 Å². The molecule has 6 nitrogen and oxygen atoms in total. The van der Waals surface area contributed by atoms with Crippen molar-refractivity contribution in [3.05, 3.63) is 216 Å². The number of nitriles is 4. The van der Waals surface area contributed by atoms with Gasteiger partial charge >= 0.3 is 6.18 Å². The first-order chi connectivity index (χ1) is 33.1. The van der Waals surface area contributed by atoms with Gasteiger partial charge in [0.15, 0.2) is 0 Å². The summed E-state index contributed by atoms with van der Waals surface area (Å²) < 4.78 is 46.7. The van der Waals surface area contributed by atoms with E-state index in [0.29, 0.717) is 44.6 Å². The largest absolute Gasteiger partial charge is 0.416 e. The van der Waals surface area contributed by atoms with Gasteiger partial charge in [0.25, 0.3) is 0 Å². The Morgan fingerprint density at radius 3 is 1.41 bits per heavy atom. The van der Waals surface area contributed by atoms with Crippen LogP contribution < -0.4 is 0 Å². The van der Waals surface area contributed by atoms with Crippen LogP contribution in [0.2, 0.25) is 0 Å². The van der Waals surface area contributed by atoms with Crippen LogP contribution in [0.15, 0.2) is 188 Å². The lowest BCUT2D eigenvalue weighted by atomic mass is 9.89. The number of nitrogens with zero attached hydrogens (tertiary/aromatic N) is 6.